The van der Waals surface area contributed by atoms with Crippen molar-refractivity contribution in [3.05, 3.63) is 78.4 Å². The minimum Gasteiger partial charge on any atom is -0.218 e. The molecule has 0 radical (unpaired) electrons. The Morgan fingerprint density at radius 1 is 0.731 bits per heavy atom. The molecule has 0 amide bonds. The van der Waals surface area contributed by atoms with Gasteiger partial charge in [0.05, 0.1) is 5.56 Å². The monoisotopic (exact) mass is 393 g/mol. The summed E-state index contributed by atoms with van der Waals surface area (Å²) in [4.78, 5) is 1.78. The summed E-state index contributed by atoms with van der Waals surface area (Å²) >= 11 is 0. The number of fused-ring (bicyclic) bond motifs is 2. The highest BCUT2D eigenvalue weighted by molar-refractivity contribution is 8.00. The number of sulfone groups is 1. The van der Waals surface area contributed by atoms with E-state index in [1.54, 1.807) is 42.5 Å². The Labute approximate surface area is 151 Å². The standard InChI is InChI=1S/C19H12F3O2S2/c20-19(21,22)13-6-5-7-14(12-13)25-15-8-1-3-10-17(15)26(23,24)18-11-4-2-9-16(18)25/h1-12H/q+1. The maximum absolute atomic E-state index is 13.2. The molecule has 132 valence electrons. The fraction of sp³-hybridized carbons (Fsp3) is 0.0526. The largest absolute Gasteiger partial charge is 0.416 e. The van der Waals surface area contributed by atoms with E-state index in [-0.39, 0.29) is 9.79 Å². The fourth-order valence-corrected chi connectivity index (χ4v) is 7.72. The number of rotatable bonds is 1. The Balaban J connectivity index is 2.02. The Bertz CT molecular complexity index is 1050. The van der Waals surface area contributed by atoms with E-state index in [1.165, 1.54) is 18.2 Å². The van der Waals surface area contributed by atoms with Crippen molar-refractivity contribution < 1.29 is 21.6 Å². The van der Waals surface area contributed by atoms with Gasteiger partial charge < -0.3 is 0 Å². The number of benzene rings is 3. The van der Waals surface area contributed by atoms with E-state index in [4.69, 9.17) is 0 Å². The topological polar surface area (TPSA) is 34.1 Å². The Morgan fingerprint density at radius 3 is 1.81 bits per heavy atom. The van der Waals surface area contributed by atoms with E-state index in [1.807, 2.05) is 0 Å². The Hall–Kier alpha value is -2.25. The van der Waals surface area contributed by atoms with E-state index in [9.17, 15) is 21.6 Å². The van der Waals surface area contributed by atoms with Gasteiger partial charge in [-0.1, -0.05) is 30.3 Å². The number of hydrogen-bond acceptors (Lipinski definition) is 2. The first kappa shape index (κ1) is 17.2. The molecular formula is C19H12F3O2S2+. The molecule has 0 unspecified atom stereocenters. The van der Waals surface area contributed by atoms with Gasteiger partial charge in [-0.2, -0.15) is 13.2 Å². The van der Waals surface area contributed by atoms with Gasteiger partial charge in [0.15, 0.2) is 14.7 Å². The van der Waals surface area contributed by atoms with Gasteiger partial charge in [0.25, 0.3) is 0 Å². The maximum atomic E-state index is 13.2. The molecular weight excluding hydrogens is 381 g/mol. The van der Waals surface area contributed by atoms with Crippen LogP contribution in [0.5, 0.6) is 0 Å². The molecule has 0 bridgehead atoms. The first-order valence-corrected chi connectivity index (χ1v) is 10.4. The van der Waals surface area contributed by atoms with Crippen LogP contribution in [0.3, 0.4) is 0 Å². The lowest BCUT2D eigenvalue weighted by atomic mass is 10.2. The molecule has 4 rings (SSSR count). The van der Waals surface area contributed by atoms with E-state index in [0.717, 1.165) is 12.1 Å². The minimum absolute atomic E-state index is 0.152. The van der Waals surface area contributed by atoms with Crippen LogP contribution >= 0.6 is 0 Å². The lowest BCUT2D eigenvalue weighted by Gasteiger charge is -2.20. The molecule has 1 heterocycles. The van der Waals surface area contributed by atoms with E-state index >= 15 is 0 Å². The van der Waals surface area contributed by atoms with Crippen molar-refractivity contribution in [3.63, 3.8) is 0 Å². The molecule has 7 heteroatoms. The molecule has 0 N–H and O–H groups in total. The van der Waals surface area contributed by atoms with Crippen molar-refractivity contribution in [3.8, 4) is 0 Å². The molecule has 0 saturated carbocycles. The normalized spacial score (nSPS) is 16.0. The van der Waals surface area contributed by atoms with Gasteiger partial charge in [-0.25, -0.2) is 8.42 Å². The van der Waals surface area contributed by atoms with Crippen molar-refractivity contribution in [2.75, 3.05) is 0 Å². The zero-order valence-corrected chi connectivity index (χ0v) is 14.8. The summed E-state index contributed by atoms with van der Waals surface area (Å²) in [6.45, 7) is 0. The second-order valence-corrected chi connectivity index (χ2v) is 9.58. The zero-order chi connectivity index (χ0) is 18.5. The summed E-state index contributed by atoms with van der Waals surface area (Å²) < 4.78 is 65.3. The molecule has 1 aliphatic heterocycles. The molecule has 0 spiro atoms. The van der Waals surface area contributed by atoms with Crippen LogP contribution < -0.4 is 0 Å². The third-order valence-corrected chi connectivity index (χ3v) is 8.56. The average Bonchev–Trinajstić information content (AvgIpc) is 2.62. The summed E-state index contributed by atoms with van der Waals surface area (Å²) in [5.41, 5.74) is -0.745. The molecule has 2 nitrogen and oxygen atoms in total. The predicted octanol–water partition coefficient (Wildman–Crippen LogP) is 4.95. The number of alkyl halides is 3. The zero-order valence-electron chi connectivity index (χ0n) is 13.2. The smallest absolute Gasteiger partial charge is 0.218 e. The van der Waals surface area contributed by atoms with E-state index < -0.39 is 32.5 Å². The fourth-order valence-electron chi connectivity index (χ4n) is 2.97. The van der Waals surface area contributed by atoms with Gasteiger partial charge in [0, 0.05) is 6.07 Å². The van der Waals surface area contributed by atoms with Crippen LogP contribution in [-0.2, 0) is 26.9 Å². The van der Waals surface area contributed by atoms with Gasteiger partial charge in [0.1, 0.15) is 20.7 Å². The summed E-state index contributed by atoms with van der Waals surface area (Å²) in [5.74, 6) is 0. The predicted molar refractivity (Wildman–Crippen MR) is 91.9 cm³/mol. The lowest BCUT2D eigenvalue weighted by Crippen LogP contribution is -2.20. The molecule has 3 aromatic rings. The molecule has 26 heavy (non-hydrogen) atoms. The molecule has 3 aromatic carbocycles. The molecule has 0 atom stereocenters. The summed E-state index contributed by atoms with van der Waals surface area (Å²) in [7, 11) is -4.62. The van der Waals surface area contributed by atoms with Crippen LogP contribution in [0.25, 0.3) is 0 Å². The summed E-state index contributed by atoms with van der Waals surface area (Å²) in [6.07, 6.45) is -4.46. The third-order valence-electron chi connectivity index (χ3n) is 4.11. The van der Waals surface area contributed by atoms with Crippen molar-refractivity contribution in [2.45, 2.75) is 30.7 Å². The highest BCUT2D eigenvalue weighted by atomic mass is 32.2. The minimum atomic E-state index is -4.46. The van der Waals surface area contributed by atoms with E-state index in [0.29, 0.717) is 14.7 Å². The molecule has 1 aliphatic rings. The number of hydrogen-bond donors (Lipinski definition) is 0. The van der Waals surface area contributed by atoms with Gasteiger partial charge in [0.2, 0.25) is 9.84 Å². The van der Waals surface area contributed by atoms with Crippen LogP contribution in [0.2, 0.25) is 0 Å². The van der Waals surface area contributed by atoms with Gasteiger partial charge in [-0.3, -0.25) is 0 Å². The van der Waals surface area contributed by atoms with Crippen LogP contribution in [0.4, 0.5) is 13.2 Å². The first-order valence-electron chi connectivity index (χ1n) is 7.65. The lowest BCUT2D eigenvalue weighted by molar-refractivity contribution is -0.137. The van der Waals surface area contributed by atoms with Crippen LogP contribution in [0.1, 0.15) is 5.56 Å². The summed E-state index contributed by atoms with van der Waals surface area (Å²) in [5, 5.41) is 0. The second kappa shape index (κ2) is 5.89. The van der Waals surface area contributed by atoms with Gasteiger partial charge in [-0.15, -0.1) is 0 Å². The number of halogens is 3. The van der Waals surface area contributed by atoms with Crippen LogP contribution in [0.15, 0.2) is 97.3 Å². The first-order chi connectivity index (χ1) is 12.3. The van der Waals surface area contributed by atoms with Crippen LogP contribution in [0, 0.1) is 0 Å². The van der Waals surface area contributed by atoms with Crippen molar-refractivity contribution >= 4 is 20.7 Å². The highest BCUT2D eigenvalue weighted by Crippen LogP contribution is 2.45. The SMILES string of the molecule is O=S1(=O)c2ccccc2[S+](c2cccc(C(F)(F)F)c2)c2ccccc21. The van der Waals surface area contributed by atoms with E-state index in [2.05, 4.69) is 0 Å². The average molecular weight is 393 g/mol. The van der Waals surface area contributed by atoms with Gasteiger partial charge in [-0.05, 0) is 36.4 Å². The quantitative estimate of drug-likeness (QED) is 0.429. The molecule has 0 aliphatic carbocycles. The maximum Gasteiger partial charge on any atom is 0.416 e. The molecule has 0 fully saturated rings. The van der Waals surface area contributed by atoms with Crippen LogP contribution in [-0.4, -0.2) is 8.42 Å². The van der Waals surface area contributed by atoms with Gasteiger partial charge >= 0.3 is 6.18 Å². The highest BCUT2D eigenvalue weighted by Gasteiger charge is 2.45. The summed E-state index contributed by atoms with van der Waals surface area (Å²) in [6, 6.07) is 18.1. The Morgan fingerprint density at radius 2 is 1.27 bits per heavy atom. The van der Waals surface area contributed by atoms with Crippen molar-refractivity contribution in [2.24, 2.45) is 0 Å². The molecule has 0 saturated heterocycles. The van der Waals surface area contributed by atoms with Crippen molar-refractivity contribution in [1.29, 1.82) is 0 Å². The third kappa shape index (κ3) is 2.62. The molecule has 0 aromatic heterocycles. The van der Waals surface area contributed by atoms with Crippen molar-refractivity contribution in [1.82, 2.24) is 0 Å². The Kier molecular flexibility index (Phi) is 3.89. The second-order valence-electron chi connectivity index (χ2n) is 5.73.